The van der Waals surface area contributed by atoms with Crippen LogP contribution in [-0.2, 0) is 12.8 Å². The molecule has 3 N–H and O–H groups in total. The van der Waals surface area contributed by atoms with Gasteiger partial charge < -0.3 is 15.6 Å². The van der Waals surface area contributed by atoms with E-state index >= 15 is 0 Å². The van der Waals surface area contributed by atoms with Crippen molar-refractivity contribution in [3.05, 3.63) is 33.2 Å². The lowest BCUT2D eigenvalue weighted by molar-refractivity contribution is 0.0920. The summed E-state index contributed by atoms with van der Waals surface area (Å²) in [6.45, 7) is 4.81. The number of carbonyl (C=O) groups excluding carboxylic acids is 1. The number of aryl methyl sites for hydroxylation is 2. The molecule has 5 nitrogen and oxygen atoms in total. The Labute approximate surface area is 143 Å². The molecule has 1 aromatic heterocycles. The summed E-state index contributed by atoms with van der Waals surface area (Å²) >= 11 is 0. The Kier molecular flexibility index (Phi) is 5.87. The summed E-state index contributed by atoms with van der Waals surface area (Å²) in [6, 6.07) is 1.80. The summed E-state index contributed by atoms with van der Waals surface area (Å²) in [7, 11) is 0. The second-order valence-corrected chi connectivity index (χ2v) is 6.97. The molecule has 2 aliphatic rings. The highest BCUT2D eigenvalue weighted by atomic mass is 35.5. The number of aromatic amines is 1. The predicted octanol–water partition coefficient (Wildman–Crippen LogP) is 1.79. The van der Waals surface area contributed by atoms with Gasteiger partial charge in [0, 0.05) is 12.2 Å². The highest BCUT2D eigenvalue weighted by molar-refractivity contribution is 5.94. The van der Waals surface area contributed by atoms with E-state index in [-0.39, 0.29) is 34.9 Å². The summed E-state index contributed by atoms with van der Waals surface area (Å²) in [6.07, 6.45) is 6.21. The molecule has 3 rings (SSSR count). The van der Waals surface area contributed by atoms with Gasteiger partial charge in [0.1, 0.15) is 5.56 Å². The van der Waals surface area contributed by atoms with Crippen LogP contribution in [0.15, 0.2) is 10.9 Å². The third kappa shape index (κ3) is 4.15. The zero-order valence-corrected chi connectivity index (χ0v) is 14.5. The van der Waals surface area contributed by atoms with Crippen LogP contribution in [0.2, 0.25) is 0 Å². The van der Waals surface area contributed by atoms with Crippen molar-refractivity contribution in [1.82, 2.24) is 15.6 Å². The maximum atomic E-state index is 12.4. The Balaban J connectivity index is 0.00000192. The molecule has 0 unspecified atom stereocenters. The van der Waals surface area contributed by atoms with Crippen molar-refractivity contribution in [3.63, 3.8) is 0 Å². The van der Waals surface area contributed by atoms with E-state index in [1.54, 1.807) is 6.07 Å². The number of H-pyrrole nitrogens is 1. The van der Waals surface area contributed by atoms with Crippen molar-refractivity contribution >= 4 is 18.3 Å². The van der Waals surface area contributed by atoms with Crippen LogP contribution in [0.1, 0.15) is 54.2 Å². The van der Waals surface area contributed by atoms with Crippen molar-refractivity contribution in [2.24, 2.45) is 5.41 Å². The first-order chi connectivity index (χ1) is 10.6. The Morgan fingerprint density at radius 3 is 2.70 bits per heavy atom. The van der Waals surface area contributed by atoms with E-state index in [1.165, 1.54) is 0 Å². The van der Waals surface area contributed by atoms with Crippen LogP contribution < -0.4 is 16.2 Å². The minimum Gasteiger partial charge on any atom is -0.351 e. The van der Waals surface area contributed by atoms with Gasteiger partial charge in [-0.2, -0.15) is 0 Å². The Hall–Kier alpha value is -1.33. The number of fused-ring (bicyclic) bond motifs is 1. The molecule has 128 valence electrons. The van der Waals surface area contributed by atoms with Crippen molar-refractivity contribution in [2.45, 2.75) is 45.4 Å². The fraction of sp³-hybridized carbons (Fsp3) is 0.647. The molecule has 0 bridgehead atoms. The van der Waals surface area contributed by atoms with E-state index in [0.717, 1.165) is 62.9 Å². The molecule has 6 heteroatoms. The van der Waals surface area contributed by atoms with Crippen LogP contribution in [-0.4, -0.2) is 30.5 Å². The van der Waals surface area contributed by atoms with E-state index < -0.39 is 0 Å². The van der Waals surface area contributed by atoms with E-state index in [1.807, 2.05) is 0 Å². The molecule has 1 saturated heterocycles. The van der Waals surface area contributed by atoms with E-state index in [2.05, 4.69) is 22.5 Å². The number of nitrogens with one attached hydrogen (secondary N) is 3. The highest BCUT2D eigenvalue weighted by Crippen LogP contribution is 2.26. The molecule has 0 saturated carbocycles. The van der Waals surface area contributed by atoms with Gasteiger partial charge in [-0.1, -0.05) is 6.92 Å². The monoisotopic (exact) mass is 339 g/mol. The molecule has 0 atom stereocenters. The van der Waals surface area contributed by atoms with Crippen molar-refractivity contribution < 1.29 is 4.79 Å². The van der Waals surface area contributed by atoms with Gasteiger partial charge in [-0.05, 0) is 68.7 Å². The van der Waals surface area contributed by atoms with Gasteiger partial charge in [-0.15, -0.1) is 12.4 Å². The molecule has 0 aromatic carbocycles. The fourth-order valence-corrected chi connectivity index (χ4v) is 3.44. The van der Waals surface area contributed by atoms with Gasteiger partial charge in [0.25, 0.3) is 11.5 Å². The van der Waals surface area contributed by atoms with Gasteiger partial charge in [0.15, 0.2) is 0 Å². The minimum atomic E-state index is -0.256. The third-order valence-corrected chi connectivity index (χ3v) is 5.07. The molecule has 1 aliphatic heterocycles. The topological polar surface area (TPSA) is 74.0 Å². The quantitative estimate of drug-likeness (QED) is 0.786. The lowest BCUT2D eigenvalue weighted by Gasteiger charge is -2.34. The SMILES string of the molecule is CC1(CNC(=O)c2cc3c([nH]c2=O)CCCC3)CCNCC1.Cl. The highest BCUT2D eigenvalue weighted by Gasteiger charge is 2.27. The van der Waals surface area contributed by atoms with Crippen LogP contribution in [0.4, 0.5) is 0 Å². The number of pyridine rings is 1. The first-order valence-corrected chi connectivity index (χ1v) is 8.31. The van der Waals surface area contributed by atoms with Gasteiger partial charge >= 0.3 is 0 Å². The number of piperidine rings is 1. The van der Waals surface area contributed by atoms with Crippen molar-refractivity contribution in [3.8, 4) is 0 Å². The van der Waals surface area contributed by atoms with Crippen LogP contribution in [0.25, 0.3) is 0 Å². The number of rotatable bonds is 3. The van der Waals surface area contributed by atoms with Crippen molar-refractivity contribution in [1.29, 1.82) is 0 Å². The number of hydrogen-bond donors (Lipinski definition) is 3. The predicted molar refractivity (Wildman–Crippen MR) is 93.5 cm³/mol. The lowest BCUT2D eigenvalue weighted by Crippen LogP contribution is -2.43. The van der Waals surface area contributed by atoms with Crippen LogP contribution in [0, 0.1) is 5.41 Å². The third-order valence-electron chi connectivity index (χ3n) is 5.07. The molecular formula is C17H26ClN3O2. The molecule has 1 aromatic rings. The maximum Gasteiger partial charge on any atom is 0.261 e. The second kappa shape index (κ2) is 7.49. The zero-order valence-electron chi connectivity index (χ0n) is 13.7. The van der Waals surface area contributed by atoms with Crippen molar-refractivity contribution in [2.75, 3.05) is 19.6 Å². The molecule has 2 heterocycles. The summed E-state index contributed by atoms with van der Waals surface area (Å²) in [5.41, 5.74) is 2.27. The second-order valence-electron chi connectivity index (χ2n) is 6.97. The molecule has 1 aliphatic carbocycles. The fourth-order valence-electron chi connectivity index (χ4n) is 3.44. The average molecular weight is 340 g/mol. The van der Waals surface area contributed by atoms with Crippen LogP contribution in [0.5, 0.6) is 0 Å². The van der Waals surface area contributed by atoms with Crippen LogP contribution in [0.3, 0.4) is 0 Å². The number of aromatic nitrogens is 1. The Morgan fingerprint density at radius 2 is 1.96 bits per heavy atom. The van der Waals surface area contributed by atoms with Gasteiger partial charge in [0.2, 0.25) is 0 Å². The normalized spacial score (nSPS) is 19.3. The van der Waals surface area contributed by atoms with Gasteiger partial charge in [-0.25, -0.2) is 0 Å². The van der Waals surface area contributed by atoms with Gasteiger partial charge in [0.05, 0.1) is 0 Å². The number of halogens is 1. The molecule has 0 radical (unpaired) electrons. The Morgan fingerprint density at radius 1 is 1.26 bits per heavy atom. The molecular weight excluding hydrogens is 314 g/mol. The van der Waals surface area contributed by atoms with Crippen LogP contribution >= 0.6 is 12.4 Å². The Bertz CT molecular complexity index is 621. The average Bonchev–Trinajstić information content (AvgIpc) is 2.53. The van der Waals surface area contributed by atoms with E-state index in [4.69, 9.17) is 0 Å². The maximum absolute atomic E-state index is 12.4. The van der Waals surface area contributed by atoms with E-state index in [9.17, 15) is 9.59 Å². The summed E-state index contributed by atoms with van der Waals surface area (Å²) in [5.74, 6) is -0.241. The first kappa shape index (κ1) is 18.0. The minimum absolute atomic E-state index is 0. The summed E-state index contributed by atoms with van der Waals surface area (Å²) in [5, 5.41) is 6.30. The van der Waals surface area contributed by atoms with Gasteiger partial charge in [-0.3, -0.25) is 9.59 Å². The lowest BCUT2D eigenvalue weighted by atomic mass is 9.81. The number of amides is 1. The number of hydrogen-bond acceptors (Lipinski definition) is 3. The summed E-state index contributed by atoms with van der Waals surface area (Å²) in [4.78, 5) is 27.4. The number of carbonyl (C=O) groups is 1. The molecule has 0 spiro atoms. The molecule has 1 fully saturated rings. The molecule has 23 heavy (non-hydrogen) atoms. The summed E-state index contributed by atoms with van der Waals surface area (Å²) < 4.78 is 0. The smallest absolute Gasteiger partial charge is 0.261 e. The zero-order chi connectivity index (χ0) is 15.6. The first-order valence-electron chi connectivity index (χ1n) is 8.31. The standard InChI is InChI=1S/C17H25N3O2.ClH/c1-17(6-8-18-9-7-17)11-19-15(21)13-10-12-4-2-3-5-14(12)20-16(13)22;/h10,18H,2-9,11H2,1H3,(H,19,21)(H,20,22);1H. The van der Waals surface area contributed by atoms with E-state index in [0.29, 0.717) is 6.54 Å². The molecule has 1 amide bonds. The largest absolute Gasteiger partial charge is 0.351 e.